The zero-order chi connectivity index (χ0) is 16.6. The summed E-state index contributed by atoms with van der Waals surface area (Å²) in [5, 5.41) is 7.51. The Labute approximate surface area is 137 Å². The number of carbonyl (C=O) groups is 1. The second kappa shape index (κ2) is 6.19. The Hall–Kier alpha value is -2.10. The highest BCUT2D eigenvalue weighted by Crippen LogP contribution is 2.25. The van der Waals surface area contributed by atoms with E-state index in [1.165, 1.54) is 29.5 Å². The van der Waals surface area contributed by atoms with Gasteiger partial charge in [0.05, 0.1) is 11.7 Å². The third-order valence-corrected chi connectivity index (χ3v) is 4.69. The normalized spacial score (nSPS) is 14.8. The van der Waals surface area contributed by atoms with Crippen molar-refractivity contribution < 1.29 is 4.79 Å². The number of carbonyl (C=O) groups excluding carboxylic acids is 1. The molecule has 1 atom stereocenters. The number of benzene rings is 1. The standard InChI is InChI=1S/C19H25N3O/c1-12(2)17-11-18(22(4)21-17)19(23)20-13(3)15-9-8-14-6-5-7-16(14)10-15/h8-13H,5-7H2,1-4H3,(H,20,23)/t13-/m0/s1. The first-order valence-corrected chi connectivity index (χ1v) is 8.42. The quantitative estimate of drug-likeness (QED) is 0.939. The molecule has 0 saturated carbocycles. The molecule has 1 heterocycles. The molecule has 0 bridgehead atoms. The molecule has 1 aromatic carbocycles. The summed E-state index contributed by atoms with van der Waals surface area (Å²) in [6.45, 7) is 6.20. The summed E-state index contributed by atoms with van der Waals surface area (Å²) in [6.07, 6.45) is 3.58. The van der Waals surface area contributed by atoms with Crippen molar-refractivity contribution in [2.45, 2.75) is 52.0 Å². The van der Waals surface area contributed by atoms with Gasteiger partial charge in [-0.15, -0.1) is 0 Å². The third-order valence-electron chi connectivity index (χ3n) is 4.69. The molecule has 1 amide bonds. The lowest BCUT2D eigenvalue weighted by atomic mass is 10.0. The molecule has 0 saturated heterocycles. The summed E-state index contributed by atoms with van der Waals surface area (Å²) in [4.78, 5) is 12.5. The summed E-state index contributed by atoms with van der Waals surface area (Å²) in [6, 6.07) is 8.47. The molecule has 1 aromatic heterocycles. The summed E-state index contributed by atoms with van der Waals surface area (Å²) in [5.74, 6) is 0.247. The van der Waals surface area contributed by atoms with E-state index >= 15 is 0 Å². The van der Waals surface area contributed by atoms with Gasteiger partial charge in [0.1, 0.15) is 5.69 Å². The molecule has 3 rings (SSSR count). The highest BCUT2D eigenvalue weighted by Gasteiger charge is 2.19. The monoisotopic (exact) mass is 311 g/mol. The molecular formula is C19H25N3O. The average molecular weight is 311 g/mol. The molecule has 0 radical (unpaired) electrons. The SMILES string of the molecule is CC(C)c1cc(C(=O)N[C@@H](C)c2ccc3c(c2)CCC3)n(C)n1. The number of fused-ring (bicyclic) bond motifs is 1. The van der Waals surface area contributed by atoms with E-state index in [1.54, 1.807) is 4.68 Å². The lowest BCUT2D eigenvalue weighted by Crippen LogP contribution is -2.28. The Morgan fingerprint density at radius 1 is 1.17 bits per heavy atom. The van der Waals surface area contributed by atoms with Crippen molar-refractivity contribution >= 4 is 5.91 Å². The van der Waals surface area contributed by atoms with Crippen LogP contribution in [0.3, 0.4) is 0 Å². The molecule has 4 nitrogen and oxygen atoms in total. The van der Waals surface area contributed by atoms with Crippen molar-refractivity contribution in [3.05, 3.63) is 52.3 Å². The van der Waals surface area contributed by atoms with Gasteiger partial charge >= 0.3 is 0 Å². The number of nitrogens with zero attached hydrogens (tertiary/aromatic N) is 2. The van der Waals surface area contributed by atoms with Crippen LogP contribution in [0, 0.1) is 0 Å². The minimum absolute atomic E-state index is 0.00852. The first-order chi connectivity index (χ1) is 11.0. The molecule has 0 aliphatic heterocycles. The Balaban J connectivity index is 1.74. The highest BCUT2D eigenvalue weighted by atomic mass is 16.2. The molecule has 1 N–H and O–H groups in total. The number of amides is 1. The third kappa shape index (κ3) is 3.16. The lowest BCUT2D eigenvalue weighted by molar-refractivity contribution is 0.0930. The smallest absolute Gasteiger partial charge is 0.270 e. The van der Waals surface area contributed by atoms with E-state index in [9.17, 15) is 4.79 Å². The van der Waals surface area contributed by atoms with Crippen molar-refractivity contribution in [1.29, 1.82) is 0 Å². The second-order valence-corrected chi connectivity index (χ2v) is 6.81. The Bertz CT molecular complexity index is 730. The predicted octanol–water partition coefficient (Wildman–Crippen LogP) is 3.52. The van der Waals surface area contributed by atoms with Gasteiger partial charge in [-0.1, -0.05) is 32.0 Å². The molecule has 1 aliphatic rings. The van der Waals surface area contributed by atoms with Crippen LogP contribution >= 0.6 is 0 Å². The van der Waals surface area contributed by atoms with Crippen LogP contribution in [0.4, 0.5) is 0 Å². The van der Waals surface area contributed by atoms with E-state index in [0.29, 0.717) is 11.6 Å². The van der Waals surface area contributed by atoms with Crippen LogP contribution in [0.1, 0.15) is 72.0 Å². The van der Waals surface area contributed by atoms with E-state index in [4.69, 9.17) is 0 Å². The number of aryl methyl sites for hydroxylation is 3. The maximum absolute atomic E-state index is 12.5. The fraction of sp³-hybridized carbons (Fsp3) is 0.474. The van der Waals surface area contributed by atoms with Gasteiger partial charge in [-0.05, 0) is 54.9 Å². The Morgan fingerprint density at radius 2 is 1.91 bits per heavy atom. The predicted molar refractivity (Wildman–Crippen MR) is 91.6 cm³/mol. The number of hydrogen-bond donors (Lipinski definition) is 1. The van der Waals surface area contributed by atoms with E-state index in [0.717, 1.165) is 12.1 Å². The van der Waals surface area contributed by atoms with E-state index in [2.05, 4.69) is 42.5 Å². The summed E-state index contributed by atoms with van der Waals surface area (Å²) >= 11 is 0. The molecule has 4 heteroatoms. The van der Waals surface area contributed by atoms with Gasteiger partial charge in [0.15, 0.2) is 0 Å². The summed E-state index contributed by atoms with van der Waals surface area (Å²) in [7, 11) is 1.82. The van der Waals surface area contributed by atoms with Crippen molar-refractivity contribution in [2.24, 2.45) is 7.05 Å². The fourth-order valence-electron chi connectivity index (χ4n) is 3.20. The van der Waals surface area contributed by atoms with Gasteiger partial charge in [0.25, 0.3) is 5.91 Å². The second-order valence-electron chi connectivity index (χ2n) is 6.81. The van der Waals surface area contributed by atoms with Crippen LogP contribution < -0.4 is 5.32 Å². The van der Waals surface area contributed by atoms with Crippen LogP contribution in [-0.2, 0) is 19.9 Å². The molecule has 0 unspecified atom stereocenters. The van der Waals surface area contributed by atoms with Gasteiger partial charge in [-0.2, -0.15) is 5.10 Å². The lowest BCUT2D eigenvalue weighted by Gasteiger charge is -2.15. The topological polar surface area (TPSA) is 46.9 Å². The number of hydrogen-bond acceptors (Lipinski definition) is 2. The van der Waals surface area contributed by atoms with E-state index in [1.807, 2.05) is 20.0 Å². The van der Waals surface area contributed by atoms with Crippen molar-refractivity contribution in [2.75, 3.05) is 0 Å². The molecular weight excluding hydrogens is 286 g/mol. The van der Waals surface area contributed by atoms with Gasteiger partial charge in [-0.3, -0.25) is 9.48 Å². The van der Waals surface area contributed by atoms with Gasteiger partial charge in [0.2, 0.25) is 0 Å². The largest absolute Gasteiger partial charge is 0.344 e. The van der Waals surface area contributed by atoms with E-state index in [-0.39, 0.29) is 11.9 Å². The zero-order valence-electron chi connectivity index (χ0n) is 14.4. The van der Waals surface area contributed by atoms with Crippen LogP contribution in [0.5, 0.6) is 0 Å². The first kappa shape index (κ1) is 15.8. The zero-order valence-corrected chi connectivity index (χ0v) is 14.4. The van der Waals surface area contributed by atoms with Crippen LogP contribution in [0.25, 0.3) is 0 Å². The highest BCUT2D eigenvalue weighted by molar-refractivity contribution is 5.93. The van der Waals surface area contributed by atoms with Crippen molar-refractivity contribution in [1.82, 2.24) is 15.1 Å². The molecule has 122 valence electrons. The number of nitrogens with one attached hydrogen (secondary N) is 1. The fourth-order valence-corrected chi connectivity index (χ4v) is 3.20. The Morgan fingerprint density at radius 3 is 2.61 bits per heavy atom. The minimum atomic E-state index is -0.0695. The van der Waals surface area contributed by atoms with Crippen molar-refractivity contribution in [3.63, 3.8) is 0 Å². The summed E-state index contributed by atoms with van der Waals surface area (Å²) < 4.78 is 1.67. The van der Waals surface area contributed by atoms with Crippen molar-refractivity contribution in [3.8, 4) is 0 Å². The molecule has 1 aliphatic carbocycles. The minimum Gasteiger partial charge on any atom is -0.344 e. The maximum Gasteiger partial charge on any atom is 0.270 e. The van der Waals surface area contributed by atoms with Crippen LogP contribution in [0.15, 0.2) is 24.3 Å². The van der Waals surface area contributed by atoms with E-state index < -0.39 is 0 Å². The van der Waals surface area contributed by atoms with Gasteiger partial charge < -0.3 is 5.32 Å². The first-order valence-electron chi connectivity index (χ1n) is 8.42. The summed E-state index contributed by atoms with van der Waals surface area (Å²) in [5.41, 5.74) is 5.63. The maximum atomic E-state index is 12.5. The molecule has 0 spiro atoms. The number of rotatable bonds is 4. The number of aromatic nitrogens is 2. The van der Waals surface area contributed by atoms with Crippen LogP contribution in [0.2, 0.25) is 0 Å². The Kier molecular flexibility index (Phi) is 4.24. The molecule has 23 heavy (non-hydrogen) atoms. The molecule has 0 fully saturated rings. The van der Waals surface area contributed by atoms with Crippen LogP contribution in [-0.4, -0.2) is 15.7 Å². The molecule has 2 aromatic rings. The van der Waals surface area contributed by atoms with Gasteiger partial charge in [-0.25, -0.2) is 0 Å². The van der Waals surface area contributed by atoms with Gasteiger partial charge in [0, 0.05) is 7.05 Å². The average Bonchev–Trinajstić information content (AvgIpc) is 3.12.